The molecule has 89 heavy (non-hydrogen) atoms. The molecule has 5 atom stereocenters. The zero-order chi connectivity index (χ0) is 65.2. The summed E-state index contributed by atoms with van der Waals surface area (Å²) < 4.78 is 50.0. The summed E-state index contributed by atoms with van der Waals surface area (Å²) in [7, 11) is 7.18. The van der Waals surface area contributed by atoms with E-state index >= 15 is 9.18 Å². The number of halogens is 1. The largest absolute Gasteiger partial charge is 0.493 e. The van der Waals surface area contributed by atoms with Gasteiger partial charge in [0.15, 0.2) is 29.7 Å². The van der Waals surface area contributed by atoms with Crippen molar-refractivity contribution in [1.29, 1.82) is 0 Å². The maximum Gasteiger partial charge on any atom is 0.330 e. The Morgan fingerprint density at radius 2 is 1.52 bits per heavy atom. The number of methoxy groups -OCH3 is 2. The summed E-state index contributed by atoms with van der Waals surface area (Å²) in [5.74, 6) is -7.57. The zero-order valence-electron chi connectivity index (χ0n) is 53.4. The SMILES string of the molecule is CCCC[C@H]1C(=O)C[C@@H](Cc2ccc3ccccc3c2)C(=O)N(C)[C@@H](COC(C)(C)C)C(=O)NCC(=O)N(C)CCC=CC(=O)OCC(C)(C)C(=O)C(=O)N2CCCC[C@H]2C(=O)O[C@H](CCc2cc(F)c(OC)c(OC)c2)c2cccc(c2)OCC(=O)N1C. The number of nitrogens with one attached hydrogen (secondary N) is 1. The molecule has 6 rings (SSSR count). The summed E-state index contributed by atoms with van der Waals surface area (Å²) >= 11 is 0. The van der Waals surface area contributed by atoms with Gasteiger partial charge in [0.25, 0.3) is 11.8 Å². The van der Waals surface area contributed by atoms with Crippen molar-refractivity contribution in [2.75, 3.05) is 74.8 Å². The Balaban J connectivity index is 1.36. The lowest BCUT2D eigenvalue weighted by Crippen LogP contribution is -2.54. The number of unbranched alkanes of at least 4 members (excludes halogenated alkanes) is 1. The van der Waals surface area contributed by atoms with Gasteiger partial charge in [-0.1, -0.05) is 80.4 Å². The van der Waals surface area contributed by atoms with Crippen LogP contribution in [0, 0.1) is 17.2 Å². The molecule has 4 aromatic rings. The van der Waals surface area contributed by atoms with Crippen molar-refractivity contribution >= 4 is 63.8 Å². The third-order valence-corrected chi connectivity index (χ3v) is 16.1. The molecular formula is C68H88FN5O15. The van der Waals surface area contributed by atoms with Gasteiger partial charge in [-0.05, 0) is 138 Å². The molecule has 0 saturated carbocycles. The van der Waals surface area contributed by atoms with E-state index in [2.05, 4.69) is 5.32 Å². The number of likely N-dealkylation sites (N-methyl/N-ethyl adjacent to an activating group) is 3. The van der Waals surface area contributed by atoms with Crippen molar-refractivity contribution in [2.45, 2.75) is 142 Å². The van der Waals surface area contributed by atoms with Crippen molar-refractivity contribution in [1.82, 2.24) is 24.9 Å². The maximum absolute atomic E-state index is 15.3. The molecule has 21 heteroatoms. The van der Waals surface area contributed by atoms with Crippen LogP contribution < -0.4 is 19.5 Å². The lowest BCUT2D eigenvalue weighted by molar-refractivity contribution is -0.165. The molecule has 0 aliphatic carbocycles. The highest BCUT2D eigenvalue weighted by molar-refractivity contribution is 6.38. The Hall–Kier alpha value is -8.20. The standard InChI is InChI=1S/C68H88FN5O15/c1-12-13-25-52-55(75)39-49(35-44-28-30-46-21-14-15-22-47(46)34-44)64(81)73(9)54(41-88-67(2,3)4)63(80)70-40-58(76)71(7)32-18-17-27-60(78)87-43-68(5,6)62(79)65(82)74-33-19-16-26-53(74)66(83)89-56(31-29-45-36-51(69)61(85-11)57(37-45)84-10)48-23-20-24-50(38-48)86-42-59(77)72(52)8/h14-15,17,20-24,27-28,30,34,36-38,49,52-54,56H,12-13,16,18-19,25-26,29,31-33,35,39-43H2,1-11H3,(H,70,80)/t49-,52+,53+,54+,56-/m1/s1. The number of carbonyl (C=O) groups excluding carboxylic acids is 9. The summed E-state index contributed by atoms with van der Waals surface area (Å²) in [6.07, 6.45) is 4.46. The molecule has 5 amide bonds. The smallest absolute Gasteiger partial charge is 0.330 e. The van der Waals surface area contributed by atoms with E-state index in [-0.39, 0.29) is 81.9 Å². The summed E-state index contributed by atoms with van der Waals surface area (Å²) in [4.78, 5) is 133. The van der Waals surface area contributed by atoms with Gasteiger partial charge in [0.05, 0.1) is 44.4 Å². The summed E-state index contributed by atoms with van der Waals surface area (Å²) in [5.41, 5.74) is -0.617. The molecule has 2 aliphatic rings. The first-order chi connectivity index (χ1) is 42.2. The van der Waals surface area contributed by atoms with Crippen molar-refractivity contribution in [3.63, 3.8) is 0 Å². The van der Waals surface area contributed by atoms with Crippen LogP contribution in [0.5, 0.6) is 17.2 Å². The summed E-state index contributed by atoms with van der Waals surface area (Å²) in [6.45, 7) is 8.72. The number of benzene rings is 4. The number of piperidine rings is 1. The van der Waals surface area contributed by atoms with Gasteiger partial charge in [-0.3, -0.25) is 33.6 Å². The number of ether oxygens (including phenoxy) is 6. The molecule has 0 radical (unpaired) electrons. The van der Waals surface area contributed by atoms with Crippen LogP contribution in [0.3, 0.4) is 0 Å². The second kappa shape index (κ2) is 32.3. The van der Waals surface area contributed by atoms with Crippen molar-refractivity contribution < 1.29 is 76.0 Å². The van der Waals surface area contributed by atoms with Gasteiger partial charge in [-0.15, -0.1) is 0 Å². The van der Waals surface area contributed by atoms with Crippen LogP contribution in [-0.2, 0) is 70.2 Å². The Morgan fingerprint density at radius 1 is 0.775 bits per heavy atom. The van der Waals surface area contributed by atoms with Crippen LogP contribution in [0.1, 0.15) is 122 Å². The molecule has 4 aromatic carbocycles. The third-order valence-electron chi connectivity index (χ3n) is 16.1. The monoisotopic (exact) mass is 1230 g/mol. The zero-order valence-corrected chi connectivity index (χ0v) is 53.4. The summed E-state index contributed by atoms with van der Waals surface area (Å²) in [6, 6.07) is 19.5. The Bertz CT molecular complexity index is 3210. The van der Waals surface area contributed by atoms with Gasteiger partial charge in [-0.2, -0.15) is 0 Å². The number of carbonyl (C=O) groups is 9. The Labute approximate surface area is 521 Å². The number of aryl methyl sites for hydroxylation is 1. The van der Waals surface area contributed by atoms with Crippen LogP contribution in [0.15, 0.2) is 91.0 Å². The van der Waals surface area contributed by atoms with Crippen molar-refractivity contribution in [3.05, 3.63) is 114 Å². The fourth-order valence-corrected chi connectivity index (χ4v) is 10.7. The molecule has 2 bridgehead atoms. The second-order valence-corrected chi connectivity index (χ2v) is 24.5. The van der Waals surface area contributed by atoms with E-state index in [1.54, 1.807) is 51.1 Å². The number of rotatable bonds is 12. The molecule has 0 unspecified atom stereocenters. The number of amides is 5. The van der Waals surface area contributed by atoms with Crippen molar-refractivity contribution in [3.8, 4) is 17.2 Å². The Kier molecular flexibility index (Phi) is 25.4. The molecule has 2 aliphatic heterocycles. The predicted molar refractivity (Wildman–Crippen MR) is 331 cm³/mol. The van der Waals surface area contributed by atoms with Gasteiger partial charge in [0.1, 0.15) is 30.5 Å². The number of hydrogen-bond acceptors (Lipinski definition) is 15. The van der Waals surface area contributed by atoms with Crippen LogP contribution in [-0.4, -0.2) is 171 Å². The van der Waals surface area contributed by atoms with Crippen LogP contribution >= 0.6 is 0 Å². The minimum atomic E-state index is -1.53. The minimum absolute atomic E-state index is 0.0623. The van der Waals surface area contributed by atoms with E-state index in [1.165, 1.54) is 81.0 Å². The first kappa shape index (κ1) is 69.9. The average molecular weight is 1230 g/mol. The molecule has 482 valence electrons. The van der Waals surface area contributed by atoms with E-state index in [9.17, 15) is 38.4 Å². The van der Waals surface area contributed by atoms with Gasteiger partial charge in [-0.25, -0.2) is 14.0 Å². The van der Waals surface area contributed by atoms with Gasteiger partial charge < -0.3 is 53.3 Å². The van der Waals surface area contributed by atoms with E-state index in [0.717, 1.165) is 22.4 Å². The van der Waals surface area contributed by atoms with Gasteiger partial charge >= 0.3 is 11.9 Å². The molecular weight excluding hydrogens is 1150 g/mol. The van der Waals surface area contributed by atoms with E-state index in [4.69, 9.17) is 28.4 Å². The molecule has 1 N–H and O–H groups in total. The quantitative estimate of drug-likeness (QED) is 0.104. The Morgan fingerprint density at radius 3 is 2.22 bits per heavy atom. The molecule has 0 spiro atoms. The number of esters is 2. The number of Topliss-reactive ketones (excluding diaryl/α,β-unsaturated/α-hetero) is 2. The maximum atomic E-state index is 15.3. The predicted octanol–water partition coefficient (Wildman–Crippen LogP) is 8.12. The molecule has 20 nitrogen and oxygen atoms in total. The third kappa shape index (κ3) is 19.6. The number of nitrogens with zero attached hydrogens (tertiary/aromatic N) is 4. The minimum Gasteiger partial charge on any atom is -0.493 e. The fourth-order valence-electron chi connectivity index (χ4n) is 10.7. The first-order valence-electron chi connectivity index (χ1n) is 30.5. The van der Waals surface area contributed by atoms with Gasteiger partial charge in [0.2, 0.25) is 23.5 Å². The van der Waals surface area contributed by atoms with Crippen LogP contribution in [0.2, 0.25) is 0 Å². The second-order valence-electron chi connectivity index (χ2n) is 24.5. The number of cyclic esters (lactones) is 2. The van der Waals surface area contributed by atoms with Gasteiger partial charge in [0, 0.05) is 52.6 Å². The molecule has 1 saturated heterocycles. The molecule has 1 fully saturated rings. The fraction of sp³-hybridized carbons (Fsp3) is 0.515. The van der Waals surface area contributed by atoms with E-state index in [0.29, 0.717) is 36.8 Å². The lowest BCUT2D eigenvalue weighted by atomic mass is 9.87. The van der Waals surface area contributed by atoms with E-state index in [1.807, 2.05) is 49.4 Å². The topological polar surface area (TPSA) is 234 Å². The normalized spacial score (nSPS) is 21.6. The van der Waals surface area contributed by atoms with Crippen molar-refractivity contribution in [2.24, 2.45) is 11.3 Å². The molecule has 2 heterocycles. The van der Waals surface area contributed by atoms with Crippen LogP contribution in [0.25, 0.3) is 10.8 Å². The summed E-state index contributed by atoms with van der Waals surface area (Å²) in [5, 5.41) is 4.57. The van der Waals surface area contributed by atoms with E-state index < -0.39 is 120 Å². The number of ketones is 2. The highest BCUT2D eigenvalue weighted by Crippen LogP contribution is 2.35. The highest BCUT2D eigenvalue weighted by atomic mass is 19.1. The lowest BCUT2D eigenvalue weighted by Gasteiger charge is -2.36. The highest BCUT2D eigenvalue weighted by Gasteiger charge is 2.43. The number of fused-ring (bicyclic) bond motifs is 4. The number of hydrogen-bond donors (Lipinski definition) is 1. The van der Waals surface area contributed by atoms with Crippen LogP contribution in [0.4, 0.5) is 4.39 Å². The first-order valence-corrected chi connectivity index (χ1v) is 30.5. The average Bonchev–Trinajstić information content (AvgIpc) is 2.34. The molecule has 0 aromatic heterocycles.